The molecule has 0 saturated carbocycles. The molecule has 0 aromatic heterocycles. The fourth-order valence-electron chi connectivity index (χ4n) is 1.22. The molecular weight excluding hydrogens is 237 g/mol. The van der Waals surface area contributed by atoms with Crippen LogP contribution in [0.4, 0.5) is 4.39 Å². The number of benzene rings is 1. The molecule has 1 rings (SSSR count). The molecule has 0 saturated heterocycles. The zero-order valence-electron chi connectivity index (χ0n) is 9.98. The lowest BCUT2D eigenvalue weighted by molar-refractivity contribution is -0.140. The van der Waals surface area contributed by atoms with Crippen LogP contribution in [0.2, 0.25) is 0 Å². The maximum absolute atomic E-state index is 13.2. The SMILES string of the molecule is COC(=O)CCNC(=O)C=Cc1ccccc1F. The largest absolute Gasteiger partial charge is 0.469 e. The Kier molecular flexibility index (Phi) is 5.57. The second-order valence-electron chi connectivity index (χ2n) is 3.47. The summed E-state index contributed by atoms with van der Waals surface area (Å²) in [6.07, 6.45) is 2.70. The van der Waals surface area contributed by atoms with Crippen LogP contribution in [0, 0.1) is 5.82 Å². The van der Waals surface area contributed by atoms with Crippen molar-refractivity contribution in [1.29, 1.82) is 0 Å². The lowest BCUT2D eigenvalue weighted by atomic mass is 10.2. The van der Waals surface area contributed by atoms with Gasteiger partial charge >= 0.3 is 5.97 Å². The van der Waals surface area contributed by atoms with Gasteiger partial charge < -0.3 is 10.1 Å². The number of halogens is 1. The maximum atomic E-state index is 13.2. The van der Waals surface area contributed by atoms with Gasteiger partial charge in [-0.3, -0.25) is 9.59 Å². The van der Waals surface area contributed by atoms with Gasteiger partial charge in [0.25, 0.3) is 0 Å². The molecule has 0 radical (unpaired) electrons. The molecule has 0 fully saturated rings. The van der Waals surface area contributed by atoms with Gasteiger partial charge in [-0.2, -0.15) is 0 Å². The van der Waals surface area contributed by atoms with E-state index in [1.165, 1.54) is 25.3 Å². The van der Waals surface area contributed by atoms with Gasteiger partial charge in [0.15, 0.2) is 0 Å². The van der Waals surface area contributed by atoms with E-state index in [0.29, 0.717) is 5.56 Å². The van der Waals surface area contributed by atoms with Crippen molar-refractivity contribution < 1.29 is 18.7 Å². The van der Waals surface area contributed by atoms with Gasteiger partial charge in [-0.1, -0.05) is 18.2 Å². The monoisotopic (exact) mass is 251 g/mol. The molecule has 0 aliphatic rings. The van der Waals surface area contributed by atoms with E-state index in [9.17, 15) is 14.0 Å². The first-order chi connectivity index (χ1) is 8.63. The highest BCUT2D eigenvalue weighted by Crippen LogP contribution is 2.07. The van der Waals surface area contributed by atoms with E-state index in [-0.39, 0.29) is 18.9 Å². The lowest BCUT2D eigenvalue weighted by Crippen LogP contribution is -2.24. The first kappa shape index (κ1) is 13.9. The van der Waals surface area contributed by atoms with E-state index >= 15 is 0 Å². The fourth-order valence-corrected chi connectivity index (χ4v) is 1.22. The van der Waals surface area contributed by atoms with Crippen molar-refractivity contribution in [2.24, 2.45) is 0 Å². The summed E-state index contributed by atoms with van der Waals surface area (Å²) in [5, 5.41) is 2.49. The number of methoxy groups -OCH3 is 1. The number of hydrogen-bond acceptors (Lipinski definition) is 3. The lowest BCUT2D eigenvalue weighted by Gasteiger charge is -2.00. The first-order valence-corrected chi connectivity index (χ1v) is 5.40. The van der Waals surface area contributed by atoms with Crippen LogP contribution in [0.3, 0.4) is 0 Å². The summed E-state index contributed by atoms with van der Waals surface area (Å²) in [4.78, 5) is 22.1. The van der Waals surface area contributed by atoms with Gasteiger partial charge in [0, 0.05) is 18.2 Å². The third-order valence-corrected chi connectivity index (χ3v) is 2.18. The molecule has 1 N–H and O–H groups in total. The second-order valence-corrected chi connectivity index (χ2v) is 3.47. The van der Waals surface area contributed by atoms with Crippen molar-refractivity contribution in [3.05, 3.63) is 41.7 Å². The summed E-state index contributed by atoms with van der Waals surface area (Å²) in [6.45, 7) is 0.188. The summed E-state index contributed by atoms with van der Waals surface area (Å²) >= 11 is 0. The van der Waals surface area contributed by atoms with Crippen LogP contribution in [0.15, 0.2) is 30.3 Å². The van der Waals surface area contributed by atoms with Gasteiger partial charge in [-0.25, -0.2) is 4.39 Å². The van der Waals surface area contributed by atoms with E-state index in [0.717, 1.165) is 0 Å². The Morgan fingerprint density at radius 2 is 2.11 bits per heavy atom. The third kappa shape index (κ3) is 4.78. The highest BCUT2D eigenvalue weighted by molar-refractivity contribution is 5.91. The minimum atomic E-state index is -0.395. The Hall–Kier alpha value is -2.17. The van der Waals surface area contributed by atoms with Crippen LogP contribution < -0.4 is 5.32 Å². The van der Waals surface area contributed by atoms with E-state index in [4.69, 9.17) is 0 Å². The molecule has 0 unspecified atom stereocenters. The molecule has 0 heterocycles. The molecule has 0 bridgehead atoms. The van der Waals surface area contributed by atoms with E-state index in [1.807, 2.05) is 0 Å². The predicted octanol–water partition coefficient (Wildman–Crippen LogP) is 1.52. The average Bonchev–Trinajstić information content (AvgIpc) is 2.37. The average molecular weight is 251 g/mol. The number of amides is 1. The standard InChI is InChI=1S/C13H14FNO3/c1-18-13(17)8-9-15-12(16)7-6-10-4-2-3-5-11(10)14/h2-7H,8-9H2,1H3,(H,15,16). The summed E-state index contributed by atoms with van der Waals surface area (Å²) in [5.41, 5.74) is 0.334. The van der Waals surface area contributed by atoms with E-state index in [1.54, 1.807) is 18.2 Å². The number of carbonyl (C=O) groups is 2. The normalized spacial score (nSPS) is 10.3. The highest BCUT2D eigenvalue weighted by atomic mass is 19.1. The van der Waals surface area contributed by atoms with Crippen LogP contribution in [-0.2, 0) is 14.3 Å². The van der Waals surface area contributed by atoms with Gasteiger partial charge in [0.1, 0.15) is 5.82 Å². The first-order valence-electron chi connectivity index (χ1n) is 5.40. The smallest absolute Gasteiger partial charge is 0.307 e. The summed E-state index contributed by atoms with van der Waals surface area (Å²) < 4.78 is 17.6. The summed E-state index contributed by atoms with van der Waals surface area (Å²) in [7, 11) is 1.28. The van der Waals surface area contributed by atoms with Crippen molar-refractivity contribution in [2.75, 3.05) is 13.7 Å². The molecule has 0 aliphatic heterocycles. The molecule has 5 heteroatoms. The van der Waals surface area contributed by atoms with Gasteiger partial charge in [-0.15, -0.1) is 0 Å². The minimum Gasteiger partial charge on any atom is -0.469 e. The molecule has 0 aliphatic carbocycles. The number of nitrogens with one attached hydrogen (secondary N) is 1. The topological polar surface area (TPSA) is 55.4 Å². The van der Waals surface area contributed by atoms with Crippen LogP contribution in [0.1, 0.15) is 12.0 Å². The fraction of sp³-hybridized carbons (Fsp3) is 0.231. The van der Waals surface area contributed by atoms with Crippen LogP contribution in [0.5, 0.6) is 0 Å². The third-order valence-electron chi connectivity index (χ3n) is 2.18. The minimum absolute atomic E-state index is 0.107. The molecule has 4 nitrogen and oxygen atoms in total. The highest BCUT2D eigenvalue weighted by Gasteiger charge is 2.01. The van der Waals surface area contributed by atoms with Crippen molar-refractivity contribution in [3.8, 4) is 0 Å². The summed E-state index contributed by atoms with van der Waals surface area (Å²) in [5.74, 6) is -1.17. The number of hydrogen-bond donors (Lipinski definition) is 1. The Morgan fingerprint density at radius 1 is 1.39 bits per heavy atom. The van der Waals surface area contributed by atoms with Gasteiger partial charge in [-0.05, 0) is 12.1 Å². The van der Waals surface area contributed by atoms with E-state index in [2.05, 4.69) is 10.1 Å². The zero-order valence-corrected chi connectivity index (χ0v) is 9.98. The Labute approximate surface area is 104 Å². The molecule has 96 valence electrons. The molecule has 18 heavy (non-hydrogen) atoms. The predicted molar refractivity (Wildman–Crippen MR) is 65.1 cm³/mol. The second kappa shape index (κ2) is 7.21. The number of carbonyl (C=O) groups excluding carboxylic acids is 2. The molecule has 1 aromatic rings. The van der Waals surface area contributed by atoms with Crippen LogP contribution in [0.25, 0.3) is 6.08 Å². The van der Waals surface area contributed by atoms with Crippen LogP contribution >= 0.6 is 0 Å². The molecule has 1 amide bonds. The maximum Gasteiger partial charge on any atom is 0.307 e. The van der Waals surface area contributed by atoms with Gasteiger partial charge in [0.05, 0.1) is 13.5 Å². The van der Waals surface area contributed by atoms with Crippen molar-refractivity contribution >= 4 is 18.0 Å². The molecule has 1 aromatic carbocycles. The summed E-state index contributed by atoms with van der Waals surface area (Å²) in [6, 6.07) is 6.13. The molecule has 0 spiro atoms. The Balaban J connectivity index is 2.41. The van der Waals surface area contributed by atoms with Crippen molar-refractivity contribution in [2.45, 2.75) is 6.42 Å². The molecule has 0 atom stereocenters. The molecular formula is C13H14FNO3. The number of ether oxygens (including phenoxy) is 1. The van der Waals surface area contributed by atoms with Crippen LogP contribution in [-0.4, -0.2) is 25.5 Å². The quantitative estimate of drug-likeness (QED) is 0.637. The Bertz CT molecular complexity index is 457. The Morgan fingerprint density at radius 3 is 2.78 bits per heavy atom. The van der Waals surface area contributed by atoms with E-state index < -0.39 is 11.8 Å². The van der Waals surface area contributed by atoms with Gasteiger partial charge in [0.2, 0.25) is 5.91 Å². The zero-order chi connectivity index (χ0) is 13.4. The number of rotatable bonds is 5. The van der Waals surface area contributed by atoms with Crippen molar-refractivity contribution in [3.63, 3.8) is 0 Å². The number of esters is 1. The van der Waals surface area contributed by atoms with Crippen molar-refractivity contribution in [1.82, 2.24) is 5.32 Å².